The van der Waals surface area contributed by atoms with E-state index in [1.54, 1.807) is 12.1 Å². The maximum absolute atomic E-state index is 12.6. The van der Waals surface area contributed by atoms with Gasteiger partial charge in [0, 0.05) is 24.6 Å². The summed E-state index contributed by atoms with van der Waals surface area (Å²) in [6, 6.07) is 11.7. The molecule has 10 heteroatoms. The number of nitro groups is 1. The monoisotopic (exact) mass is 430 g/mol. The van der Waals surface area contributed by atoms with E-state index < -0.39 is 22.7 Å². The molecule has 0 aromatic heterocycles. The number of aliphatic carboxylic acids is 1. The van der Waals surface area contributed by atoms with Gasteiger partial charge in [0.05, 0.1) is 15.5 Å². The SMILES string of the molecule is O=C([O-])CCCNC(=O)/C(=C\c1cccc([N+](=O)[O-])c1)NC(=O)c1ccccc1Cl. The molecule has 2 N–H and O–H groups in total. The standard InChI is InChI=1S/C20H18ClN3O6/c21-16-8-2-1-7-15(16)19(27)23-17(20(28)22-10-4-9-18(25)26)12-13-5-3-6-14(11-13)24(29)30/h1-3,5-8,11-12H,4,9-10H2,(H,22,28)(H,23,27)(H,25,26)/p-1/b17-12+. The van der Waals surface area contributed by atoms with Crippen molar-refractivity contribution in [1.29, 1.82) is 0 Å². The molecule has 30 heavy (non-hydrogen) atoms. The second kappa shape index (κ2) is 10.7. The molecule has 0 spiro atoms. The predicted molar refractivity (Wildman–Crippen MR) is 107 cm³/mol. The lowest BCUT2D eigenvalue weighted by Gasteiger charge is -2.12. The molecule has 0 aliphatic rings. The highest BCUT2D eigenvalue weighted by Gasteiger charge is 2.17. The molecule has 0 radical (unpaired) electrons. The van der Waals surface area contributed by atoms with Crippen molar-refractivity contribution >= 4 is 41.1 Å². The van der Waals surface area contributed by atoms with Crippen LogP contribution in [0.2, 0.25) is 5.02 Å². The lowest BCUT2D eigenvalue weighted by molar-refractivity contribution is -0.384. The van der Waals surface area contributed by atoms with E-state index in [-0.39, 0.29) is 41.4 Å². The molecule has 0 unspecified atom stereocenters. The zero-order valence-corrected chi connectivity index (χ0v) is 16.3. The predicted octanol–water partition coefficient (Wildman–Crippen LogP) is 1.67. The number of carbonyl (C=O) groups excluding carboxylic acids is 3. The number of halogens is 1. The first kappa shape index (κ1) is 22.6. The molecule has 2 amide bonds. The first-order valence-electron chi connectivity index (χ1n) is 8.78. The maximum atomic E-state index is 12.6. The van der Waals surface area contributed by atoms with Gasteiger partial charge < -0.3 is 20.5 Å². The van der Waals surface area contributed by atoms with Gasteiger partial charge in [-0.1, -0.05) is 35.9 Å². The third kappa shape index (κ3) is 6.71. The number of carboxylic acids is 1. The van der Waals surface area contributed by atoms with Crippen molar-refractivity contribution in [3.05, 3.63) is 80.5 Å². The fourth-order valence-corrected chi connectivity index (χ4v) is 2.64. The van der Waals surface area contributed by atoms with Crippen molar-refractivity contribution in [2.75, 3.05) is 6.54 Å². The molecule has 0 fully saturated rings. The van der Waals surface area contributed by atoms with Gasteiger partial charge in [-0.05, 0) is 36.6 Å². The van der Waals surface area contributed by atoms with Crippen LogP contribution in [0.3, 0.4) is 0 Å². The molecule has 0 saturated carbocycles. The van der Waals surface area contributed by atoms with Gasteiger partial charge in [0.2, 0.25) is 0 Å². The molecule has 0 heterocycles. The zero-order valence-electron chi connectivity index (χ0n) is 15.6. The number of hydrogen-bond acceptors (Lipinski definition) is 6. The van der Waals surface area contributed by atoms with Crippen LogP contribution in [0.15, 0.2) is 54.2 Å². The molecule has 2 aromatic rings. The number of nitro benzene ring substituents is 1. The molecule has 0 aliphatic carbocycles. The van der Waals surface area contributed by atoms with Crippen molar-refractivity contribution in [3.63, 3.8) is 0 Å². The van der Waals surface area contributed by atoms with Crippen LogP contribution in [-0.2, 0) is 9.59 Å². The number of nitrogens with zero attached hydrogens (tertiary/aromatic N) is 1. The quantitative estimate of drug-likeness (QED) is 0.268. The van der Waals surface area contributed by atoms with E-state index in [2.05, 4.69) is 10.6 Å². The molecular formula is C20H17ClN3O6-. The van der Waals surface area contributed by atoms with E-state index in [1.165, 1.54) is 42.5 Å². The molecule has 2 aromatic carbocycles. The van der Waals surface area contributed by atoms with Crippen LogP contribution in [0.1, 0.15) is 28.8 Å². The van der Waals surface area contributed by atoms with Gasteiger partial charge >= 0.3 is 0 Å². The Morgan fingerprint density at radius 2 is 1.83 bits per heavy atom. The minimum Gasteiger partial charge on any atom is -0.550 e. The maximum Gasteiger partial charge on any atom is 0.270 e. The van der Waals surface area contributed by atoms with Gasteiger partial charge in [0.15, 0.2) is 0 Å². The Bertz CT molecular complexity index is 1010. The normalized spacial score (nSPS) is 10.9. The fourth-order valence-electron chi connectivity index (χ4n) is 2.42. The van der Waals surface area contributed by atoms with Crippen molar-refractivity contribution < 1.29 is 24.4 Å². The number of rotatable bonds is 9. The Kier molecular flexibility index (Phi) is 8.07. The van der Waals surface area contributed by atoms with Crippen molar-refractivity contribution in [1.82, 2.24) is 10.6 Å². The van der Waals surface area contributed by atoms with Gasteiger partial charge in [0.25, 0.3) is 17.5 Å². The third-order valence-corrected chi connectivity index (χ3v) is 4.18. The summed E-state index contributed by atoms with van der Waals surface area (Å²) in [5.74, 6) is -2.59. The van der Waals surface area contributed by atoms with E-state index in [9.17, 15) is 29.6 Å². The Morgan fingerprint density at radius 1 is 1.10 bits per heavy atom. The van der Waals surface area contributed by atoms with Crippen LogP contribution in [0.4, 0.5) is 5.69 Å². The lowest BCUT2D eigenvalue weighted by atomic mass is 10.1. The minimum atomic E-state index is -1.25. The smallest absolute Gasteiger partial charge is 0.270 e. The van der Waals surface area contributed by atoms with Crippen LogP contribution in [0.25, 0.3) is 6.08 Å². The Hall–Kier alpha value is -3.72. The number of non-ortho nitro benzene ring substituents is 1. The molecule has 0 atom stereocenters. The fraction of sp³-hybridized carbons (Fsp3) is 0.150. The molecule has 0 saturated heterocycles. The zero-order chi connectivity index (χ0) is 22.1. The molecule has 156 valence electrons. The summed E-state index contributed by atoms with van der Waals surface area (Å²) in [5, 5.41) is 26.6. The number of nitrogens with one attached hydrogen (secondary N) is 2. The average molecular weight is 431 g/mol. The van der Waals surface area contributed by atoms with Crippen molar-refractivity contribution in [3.8, 4) is 0 Å². The average Bonchev–Trinajstić information content (AvgIpc) is 2.70. The van der Waals surface area contributed by atoms with Crippen molar-refractivity contribution in [2.24, 2.45) is 0 Å². The highest BCUT2D eigenvalue weighted by Crippen LogP contribution is 2.17. The Labute approximate surface area is 176 Å². The van der Waals surface area contributed by atoms with Crippen LogP contribution in [-0.4, -0.2) is 29.3 Å². The summed E-state index contributed by atoms with van der Waals surface area (Å²) < 4.78 is 0. The second-order valence-corrected chi connectivity index (χ2v) is 6.48. The first-order valence-corrected chi connectivity index (χ1v) is 9.16. The van der Waals surface area contributed by atoms with E-state index in [1.807, 2.05) is 0 Å². The van der Waals surface area contributed by atoms with Gasteiger partial charge in [-0.25, -0.2) is 0 Å². The summed E-state index contributed by atoms with van der Waals surface area (Å²) in [6.45, 7) is 0.0288. The van der Waals surface area contributed by atoms with Gasteiger partial charge in [-0.3, -0.25) is 19.7 Å². The Morgan fingerprint density at radius 3 is 2.50 bits per heavy atom. The topological polar surface area (TPSA) is 141 Å². The summed E-state index contributed by atoms with van der Waals surface area (Å²) in [7, 11) is 0. The highest BCUT2D eigenvalue weighted by atomic mass is 35.5. The number of amides is 2. The molecule has 0 bridgehead atoms. The van der Waals surface area contributed by atoms with Gasteiger partial charge in [0.1, 0.15) is 5.70 Å². The largest absolute Gasteiger partial charge is 0.550 e. The van der Waals surface area contributed by atoms with Crippen LogP contribution in [0.5, 0.6) is 0 Å². The number of carboxylic acid groups (broad SMARTS) is 1. The number of hydrogen-bond donors (Lipinski definition) is 2. The third-order valence-electron chi connectivity index (χ3n) is 3.85. The second-order valence-electron chi connectivity index (χ2n) is 6.08. The highest BCUT2D eigenvalue weighted by molar-refractivity contribution is 6.34. The van der Waals surface area contributed by atoms with E-state index in [4.69, 9.17) is 11.6 Å². The van der Waals surface area contributed by atoms with Crippen LogP contribution < -0.4 is 15.7 Å². The van der Waals surface area contributed by atoms with E-state index in [0.717, 1.165) is 0 Å². The lowest BCUT2D eigenvalue weighted by Crippen LogP contribution is -2.35. The molecule has 0 aliphatic heterocycles. The van der Waals surface area contributed by atoms with E-state index in [0.29, 0.717) is 5.56 Å². The minimum absolute atomic E-state index is 0.0288. The van der Waals surface area contributed by atoms with Gasteiger partial charge in [-0.2, -0.15) is 0 Å². The van der Waals surface area contributed by atoms with Crippen LogP contribution in [0, 0.1) is 10.1 Å². The summed E-state index contributed by atoms with van der Waals surface area (Å²) in [5.41, 5.74) is 0.0705. The Balaban J connectivity index is 2.27. The number of carbonyl (C=O) groups is 3. The van der Waals surface area contributed by atoms with E-state index >= 15 is 0 Å². The van der Waals surface area contributed by atoms with Crippen LogP contribution >= 0.6 is 11.6 Å². The summed E-state index contributed by atoms with van der Waals surface area (Å²) in [4.78, 5) is 46.0. The van der Waals surface area contributed by atoms with Gasteiger partial charge in [-0.15, -0.1) is 0 Å². The van der Waals surface area contributed by atoms with Crippen molar-refractivity contribution in [2.45, 2.75) is 12.8 Å². The first-order chi connectivity index (χ1) is 14.3. The number of benzene rings is 2. The molecular weight excluding hydrogens is 414 g/mol. The molecule has 9 nitrogen and oxygen atoms in total. The molecule has 2 rings (SSSR count). The summed E-state index contributed by atoms with van der Waals surface area (Å²) >= 11 is 6.01. The summed E-state index contributed by atoms with van der Waals surface area (Å²) in [6.07, 6.45) is 1.17.